The molecule has 0 amide bonds. The van der Waals surface area contributed by atoms with Gasteiger partial charge in [-0.15, -0.1) is 0 Å². The van der Waals surface area contributed by atoms with Crippen LogP contribution in [0, 0.1) is 0 Å². The monoisotopic (exact) mass is 303 g/mol. The number of anilines is 1. The molecule has 1 N–H and O–H groups in total. The first-order valence-corrected chi connectivity index (χ1v) is 8.01. The second kappa shape index (κ2) is 5.30. The maximum absolute atomic E-state index is 5.88. The van der Waals surface area contributed by atoms with Crippen LogP contribution in [0.25, 0.3) is 0 Å². The molecule has 1 fully saturated rings. The zero-order valence-electron chi connectivity index (χ0n) is 11.8. The summed E-state index contributed by atoms with van der Waals surface area (Å²) in [7, 11) is 0. The number of imidazole rings is 1. The lowest BCUT2D eigenvalue weighted by molar-refractivity contribution is 0.660. The van der Waals surface area contributed by atoms with Gasteiger partial charge in [0, 0.05) is 12.2 Å². The molecule has 3 heterocycles. The van der Waals surface area contributed by atoms with Gasteiger partial charge < -0.3 is 9.88 Å². The van der Waals surface area contributed by atoms with Gasteiger partial charge in [0.25, 0.3) is 0 Å². The first-order valence-electron chi connectivity index (χ1n) is 7.63. The highest BCUT2D eigenvalue weighted by molar-refractivity contribution is 6.30. The fourth-order valence-electron chi connectivity index (χ4n) is 3.38. The van der Waals surface area contributed by atoms with Crippen molar-refractivity contribution in [2.45, 2.75) is 44.6 Å². The van der Waals surface area contributed by atoms with Crippen LogP contribution in [0.5, 0.6) is 0 Å². The van der Waals surface area contributed by atoms with Gasteiger partial charge in [0.2, 0.25) is 5.95 Å². The lowest BCUT2D eigenvalue weighted by Crippen LogP contribution is -2.25. The Kier molecular flexibility index (Phi) is 3.30. The summed E-state index contributed by atoms with van der Waals surface area (Å²) in [6, 6.07) is 0.261. The number of rotatable bonds is 2. The van der Waals surface area contributed by atoms with Crippen molar-refractivity contribution < 1.29 is 0 Å². The molecule has 4 rings (SSSR count). The van der Waals surface area contributed by atoms with Crippen LogP contribution < -0.4 is 4.90 Å². The molecule has 0 radical (unpaired) electrons. The van der Waals surface area contributed by atoms with E-state index in [0.717, 1.165) is 44.0 Å². The second-order valence-electron chi connectivity index (χ2n) is 5.81. The number of hydrogen-bond donors (Lipinski definition) is 1. The maximum atomic E-state index is 5.88. The largest absolute Gasteiger partial charge is 0.344 e. The molecule has 6 heteroatoms. The summed E-state index contributed by atoms with van der Waals surface area (Å²) in [6.45, 7) is 0.970. The SMILES string of the molecule is Clc1cnc(N2CCC[C@@H]2c2nc3c([nH]2)CCCC3)nc1. The van der Waals surface area contributed by atoms with Crippen molar-refractivity contribution in [1.82, 2.24) is 19.9 Å². The van der Waals surface area contributed by atoms with Gasteiger partial charge in [-0.2, -0.15) is 0 Å². The average molecular weight is 304 g/mol. The van der Waals surface area contributed by atoms with Crippen molar-refractivity contribution in [2.75, 3.05) is 11.4 Å². The minimum absolute atomic E-state index is 0.261. The van der Waals surface area contributed by atoms with Gasteiger partial charge in [-0.05, 0) is 38.5 Å². The van der Waals surface area contributed by atoms with E-state index in [9.17, 15) is 0 Å². The summed E-state index contributed by atoms with van der Waals surface area (Å²) in [6.07, 6.45) is 10.3. The number of hydrogen-bond acceptors (Lipinski definition) is 4. The Balaban J connectivity index is 1.64. The molecule has 1 aliphatic carbocycles. The highest BCUT2D eigenvalue weighted by Gasteiger charge is 2.31. The molecule has 0 aromatic carbocycles. The lowest BCUT2D eigenvalue weighted by atomic mass is 10.0. The van der Waals surface area contributed by atoms with Crippen LogP contribution in [0.15, 0.2) is 12.4 Å². The van der Waals surface area contributed by atoms with Gasteiger partial charge in [-0.1, -0.05) is 11.6 Å². The molecule has 2 aliphatic rings. The van der Waals surface area contributed by atoms with E-state index in [1.807, 2.05) is 0 Å². The van der Waals surface area contributed by atoms with E-state index in [1.165, 1.54) is 24.2 Å². The standard InChI is InChI=1S/C15H18ClN5/c16-10-8-17-15(18-9-10)21-7-3-6-13(21)14-19-11-4-1-2-5-12(11)20-14/h8-9,13H,1-7H2,(H,19,20)/t13-/m1/s1. The average Bonchev–Trinajstić information content (AvgIpc) is 3.14. The number of aryl methyl sites for hydroxylation is 2. The predicted molar refractivity (Wildman–Crippen MR) is 81.6 cm³/mol. The summed E-state index contributed by atoms with van der Waals surface area (Å²) < 4.78 is 0. The van der Waals surface area contributed by atoms with E-state index in [0.29, 0.717) is 5.02 Å². The van der Waals surface area contributed by atoms with Crippen molar-refractivity contribution in [1.29, 1.82) is 0 Å². The predicted octanol–water partition coefficient (Wildman–Crippen LogP) is 3.07. The third kappa shape index (κ3) is 2.39. The molecule has 0 unspecified atom stereocenters. The number of nitrogens with zero attached hydrogens (tertiary/aromatic N) is 4. The minimum Gasteiger partial charge on any atom is -0.344 e. The van der Waals surface area contributed by atoms with E-state index < -0.39 is 0 Å². The smallest absolute Gasteiger partial charge is 0.225 e. The third-order valence-corrected chi connectivity index (χ3v) is 4.60. The van der Waals surface area contributed by atoms with Crippen LogP contribution in [0.1, 0.15) is 48.9 Å². The fraction of sp³-hybridized carbons (Fsp3) is 0.533. The van der Waals surface area contributed by atoms with Crippen molar-refractivity contribution in [3.8, 4) is 0 Å². The van der Waals surface area contributed by atoms with Crippen LogP contribution >= 0.6 is 11.6 Å². The number of H-pyrrole nitrogens is 1. The Labute approximate surface area is 128 Å². The molecule has 1 atom stereocenters. The molecular formula is C15H18ClN5. The van der Waals surface area contributed by atoms with Gasteiger partial charge in [-0.3, -0.25) is 0 Å². The van der Waals surface area contributed by atoms with Crippen molar-refractivity contribution in [3.05, 3.63) is 34.6 Å². The molecule has 5 nitrogen and oxygen atoms in total. The van der Waals surface area contributed by atoms with Gasteiger partial charge in [-0.25, -0.2) is 15.0 Å². The Morgan fingerprint density at radius 1 is 1.14 bits per heavy atom. The Morgan fingerprint density at radius 2 is 1.95 bits per heavy atom. The maximum Gasteiger partial charge on any atom is 0.225 e. The normalized spacial score (nSPS) is 21.6. The molecule has 110 valence electrons. The van der Waals surface area contributed by atoms with Crippen LogP contribution in [0.4, 0.5) is 5.95 Å². The van der Waals surface area contributed by atoms with Crippen molar-refractivity contribution in [2.24, 2.45) is 0 Å². The van der Waals surface area contributed by atoms with Crippen molar-refractivity contribution >= 4 is 17.5 Å². The van der Waals surface area contributed by atoms with Gasteiger partial charge in [0.15, 0.2) is 0 Å². The second-order valence-corrected chi connectivity index (χ2v) is 6.24. The minimum atomic E-state index is 0.261. The highest BCUT2D eigenvalue weighted by atomic mass is 35.5. The molecule has 21 heavy (non-hydrogen) atoms. The first-order chi connectivity index (χ1) is 10.3. The lowest BCUT2D eigenvalue weighted by Gasteiger charge is -2.22. The first kappa shape index (κ1) is 13.1. The van der Waals surface area contributed by atoms with Crippen LogP contribution in [-0.4, -0.2) is 26.5 Å². The summed E-state index contributed by atoms with van der Waals surface area (Å²) in [5, 5.41) is 0.572. The molecular weight excluding hydrogens is 286 g/mol. The number of aromatic nitrogens is 4. The van der Waals surface area contributed by atoms with Gasteiger partial charge >= 0.3 is 0 Å². The van der Waals surface area contributed by atoms with Crippen LogP contribution in [-0.2, 0) is 12.8 Å². The van der Waals surface area contributed by atoms with Crippen molar-refractivity contribution in [3.63, 3.8) is 0 Å². The molecule has 1 saturated heterocycles. The van der Waals surface area contributed by atoms with Crippen LogP contribution in [0.2, 0.25) is 5.02 Å². The molecule has 1 aliphatic heterocycles. The molecule has 2 aromatic rings. The molecule has 0 saturated carbocycles. The number of halogens is 1. The quantitative estimate of drug-likeness (QED) is 0.926. The Bertz CT molecular complexity index is 613. The zero-order valence-corrected chi connectivity index (χ0v) is 12.6. The Morgan fingerprint density at radius 3 is 2.76 bits per heavy atom. The highest BCUT2D eigenvalue weighted by Crippen LogP contribution is 2.34. The van der Waals surface area contributed by atoms with Gasteiger partial charge in [0.1, 0.15) is 5.82 Å². The van der Waals surface area contributed by atoms with Crippen LogP contribution in [0.3, 0.4) is 0 Å². The summed E-state index contributed by atoms with van der Waals surface area (Å²) in [5.41, 5.74) is 2.60. The third-order valence-electron chi connectivity index (χ3n) is 4.41. The molecule has 0 bridgehead atoms. The summed E-state index contributed by atoms with van der Waals surface area (Å²) >= 11 is 5.88. The number of nitrogens with one attached hydrogen (secondary N) is 1. The zero-order chi connectivity index (χ0) is 14.2. The Hall–Kier alpha value is -1.62. The summed E-state index contributed by atoms with van der Waals surface area (Å²) in [5.74, 6) is 1.83. The topological polar surface area (TPSA) is 57.7 Å². The van der Waals surface area contributed by atoms with E-state index in [4.69, 9.17) is 16.6 Å². The fourth-order valence-corrected chi connectivity index (χ4v) is 3.47. The van der Waals surface area contributed by atoms with E-state index in [2.05, 4.69) is 19.9 Å². The number of fused-ring (bicyclic) bond motifs is 1. The van der Waals surface area contributed by atoms with E-state index in [1.54, 1.807) is 12.4 Å². The van der Waals surface area contributed by atoms with E-state index in [-0.39, 0.29) is 6.04 Å². The van der Waals surface area contributed by atoms with Gasteiger partial charge in [0.05, 0.1) is 29.2 Å². The molecule has 0 spiro atoms. The molecule has 2 aromatic heterocycles. The van der Waals surface area contributed by atoms with E-state index >= 15 is 0 Å². The summed E-state index contributed by atoms with van der Waals surface area (Å²) in [4.78, 5) is 19.4. The number of aromatic amines is 1.